The van der Waals surface area contributed by atoms with Gasteiger partial charge in [0.2, 0.25) is 5.90 Å². The molecule has 4 nitrogen and oxygen atoms in total. The van der Waals surface area contributed by atoms with Crippen LogP contribution >= 0.6 is 0 Å². The van der Waals surface area contributed by atoms with Gasteiger partial charge in [-0.05, 0) is 18.6 Å². The maximum atomic E-state index is 10.8. The summed E-state index contributed by atoms with van der Waals surface area (Å²) in [5.74, 6) is -0.290. The highest BCUT2D eigenvalue weighted by Crippen LogP contribution is 2.28. The van der Waals surface area contributed by atoms with Crippen molar-refractivity contribution in [1.82, 2.24) is 0 Å². The van der Waals surface area contributed by atoms with Gasteiger partial charge in [0, 0.05) is 5.56 Å². The molecule has 1 aromatic carbocycles. The Morgan fingerprint density at radius 2 is 2.18 bits per heavy atom. The normalized spacial score (nSPS) is 23.0. The number of aliphatic carboxylic acids is 1. The van der Waals surface area contributed by atoms with Crippen molar-refractivity contribution in [3.8, 4) is 0 Å². The molecule has 0 radical (unpaired) electrons. The molecule has 1 aromatic rings. The Morgan fingerprint density at radius 3 is 2.76 bits per heavy atom. The van der Waals surface area contributed by atoms with Gasteiger partial charge in [-0.15, -0.1) is 0 Å². The summed E-state index contributed by atoms with van der Waals surface area (Å²) in [4.78, 5) is 15.3. The van der Waals surface area contributed by atoms with Gasteiger partial charge in [-0.2, -0.15) is 0 Å². The molecule has 17 heavy (non-hydrogen) atoms. The maximum absolute atomic E-state index is 10.8. The van der Waals surface area contributed by atoms with E-state index in [0.29, 0.717) is 18.9 Å². The van der Waals surface area contributed by atoms with Crippen molar-refractivity contribution in [2.24, 2.45) is 4.99 Å². The molecule has 2 rings (SSSR count). The fourth-order valence-corrected chi connectivity index (χ4v) is 1.89. The first-order valence-electron chi connectivity index (χ1n) is 5.65. The zero-order valence-corrected chi connectivity index (χ0v) is 9.72. The number of hydrogen-bond donors (Lipinski definition) is 1. The Kier molecular flexibility index (Phi) is 3.13. The van der Waals surface area contributed by atoms with Crippen molar-refractivity contribution < 1.29 is 14.6 Å². The maximum Gasteiger partial charge on any atom is 0.305 e. The third-order valence-corrected chi connectivity index (χ3v) is 2.98. The summed E-state index contributed by atoms with van der Waals surface area (Å²) in [5, 5.41) is 8.90. The molecule has 1 heterocycles. The van der Waals surface area contributed by atoms with Crippen LogP contribution in [0.5, 0.6) is 0 Å². The molecule has 0 spiro atoms. The third kappa shape index (κ3) is 2.46. The summed E-state index contributed by atoms with van der Waals surface area (Å²) in [6.07, 6.45) is 0.676. The molecule has 1 atom stereocenters. The van der Waals surface area contributed by atoms with E-state index in [1.165, 1.54) is 0 Å². The van der Waals surface area contributed by atoms with Crippen LogP contribution < -0.4 is 0 Å². The number of carboxylic acids is 1. The predicted octanol–water partition coefficient (Wildman–Crippen LogP) is 2.09. The van der Waals surface area contributed by atoms with Crippen LogP contribution in [-0.2, 0) is 9.53 Å². The van der Waals surface area contributed by atoms with Crippen molar-refractivity contribution in [3.05, 3.63) is 35.9 Å². The highest BCUT2D eigenvalue weighted by atomic mass is 16.5. The van der Waals surface area contributed by atoms with E-state index in [-0.39, 0.29) is 6.42 Å². The van der Waals surface area contributed by atoms with Crippen LogP contribution in [0.25, 0.3) is 0 Å². The Labute approximate surface area is 99.9 Å². The lowest BCUT2D eigenvalue weighted by molar-refractivity contribution is -0.138. The Bertz CT molecular complexity index is 441. The van der Waals surface area contributed by atoms with Crippen LogP contribution in [0.3, 0.4) is 0 Å². The Hall–Kier alpha value is -1.84. The van der Waals surface area contributed by atoms with Gasteiger partial charge in [0.15, 0.2) is 0 Å². The minimum Gasteiger partial charge on any atom is -0.481 e. The second kappa shape index (κ2) is 4.57. The lowest BCUT2D eigenvalue weighted by Gasteiger charge is -2.18. The van der Waals surface area contributed by atoms with Gasteiger partial charge in [0.1, 0.15) is 12.1 Å². The number of ether oxygens (including phenoxy) is 1. The number of nitrogens with zero attached hydrogens (tertiary/aromatic N) is 1. The van der Waals surface area contributed by atoms with E-state index in [0.717, 1.165) is 5.56 Å². The van der Waals surface area contributed by atoms with Gasteiger partial charge in [-0.25, -0.2) is 4.99 Å². The van der Waals surface area contributed by atoms with Crippen molar-refractivity contribution in [2.75, 3.05) is 6.61 Å². The molecule has 1 unspecified atom stereocenters. The lowest BCUT2D eigenvalue weighted by atomic mass is 9.94. The van der Waals surface area contributed by atoms with E-state index >= 15 is 0 Å². The first-order chi connectivity index (χ1) is 8.15. The first kappa shape index (κ1) is 11.6. The van der Waals surface area contributed by atoms with Crippen LogP contribution in [0.1, 0.15) is 25.3 Å². The SMILES string of the molecule is CCC1(CC(=O)O)COC(c2ccccc2)=N1. The topological polar surface area (TPSA) is 58.9 Å². The summed E-state index contributed by atoms with van der Waals surface area (Å²) in [6, 6.07) is 9.55. The average molecular weight is 233 g/mol. The van der Waals surface area contributed by atoms with Crippen molar-refractivity contribution in [3.63, 3.8) is 0 Å². The van der Waals surface area contributed by atoms with Crippen molar-refractivity contribution >= 4 is 11.9 Å². The number of carboxylic acid groups (broad SMARTS) is 1. The molecule has 1 aliphatic rings. The van der Waals surface area contributed by atoms with E-state index in [9.17, 15) is 4.79 Å². The monoisotopic (exact) mass is 233 g/mol. The molecule has 0 bridgehead atoms. The van der Waals surface area contributed by atoms with E-state index in [1.807, 2.05) is 37.3 Å². The highest BCUT2D eigenvalue weighted by molar-refractivity contribution is 5.95. The van der Waals surface area contributed by atoms with Crippen LogP contribution in [0.15, 0.2) is 35.3 Å². The predicted molar refractivity (Wildman–Crippen MR) is 64.2 cm³/mol. The number of benzene rings is 1. The summed E-state index contributed by atoms with van der Waals surface area (Å²) in [6.45, 7) is 2.28. The largest absolute Gasteiger partial charge is 0.481 e. The van der Waals surface area contributed by atoms with Crippen LogP contribution in [0.2, 0.25) is 0 Å². The zero-order valence-electron chi connectivity index (χ0n) is 9.72. The average Bonchev–Trinajstić information content (AvgIpc) is 2.74. The molecule has 0 aliphatic carbocycles. The summed E-state index contributed by atoms with van der Waals surface area (Å²) < 4.78 is 5.53. The van der Waals surface area contributed by atoms with Gasteiger partial charge in [0.25, 0.3) is 0 Å². The van der Waals surface area contributed by atoms with Crippen LogP contribution in [-0.4, -0.2) is 29.1 Å². The molecule has 0 aromatic heterocycles. The van der Waals surface area contributed by atoms with Gasteiger partial charge < -0.3 is 9.84 Å². The van der Waals surface area contributed by atoms with E-state index in [1.54, 1.807) is 0 Å². The first-order valence-corrected chi connectivity index (χ1v) is 5.65. The molecule has 4 heteroatoms. The fraction of sp³-hybridized carbons (Fsp3) is 0.385. The standard InChI is InChI=1S/C13H15NO3/c1-2-13(8-11(15)16)9-17-12(14-13)10-6-4-3-5-7-10/h3-7H,2,8-9H2,1H3,(H,15,16). The van der Waals surface area contributed by atoms with Gasteiger partial charge in [0.05, 0.1) is 6.42 Å². The van der Waals surface area contributed by atoms with Gasteiger partial charge in [-0.3, -0.25) is 4.79 Å². The summed E-state index contributed by atoms with van der Waals surface area (Å²) >= 11 is 0. The third-order valence-electron chi connectivity index (χ3n) is 2.98. The molecule has 0 saturated heterocycles. The molecular formula is C13H15NO3. The highest BCUT2D eigenvalue weighted by Gasteiger charge is 2.37. The number of aliphatic imine (C=N–C) groups is 1. The van der Waals surface area contributed by atoms with E-state index < -0.39 is 11.5 Å². The number of rotatable bonds is 4. The molecule has 1 aliphatic heterocycles. The minimum absolute atomic E-state index is 0.0137. The second-order valence-corrected chi connectivity index (χ2v) is 4.22. The summed E-state index contributed by atoms with van der Waals surface area (Å²) in [7, 11) is 0. The summed E-state index contributed by atoms with van der Waals surface area (Å²) in [5.41, 5.74) is 0.296. The van der Waals surface area contributed by atoms with E-state index in [4.69, 9.17) is 9.84 Å². The van der Waals surface area contributed by atoms with Crippen molar-refractivity contribution in [1.29, 1.82) is 0 Å². The molecule has 0 fully saturated rings. The van der Waals surface area contributed by atoms with Gasteiger partial charge in [-0.1, -0.05) is 25.1 Å². The lowest BCUT2D eigenvalue weighted by Crippen LogP contribution is -2.30. The zero-order chi connectivity index (χ0) is 12.3. The van der Waals surface area contributed by atoms with Gasteiger partial charge >= 0.3 is 5.97 Å². The smallest absolute Gasteiger partial charge is 0.305 e. The fourth-order valence-electron chi connectivity index (χ4n) is 1.89. The van der Waals surface area contributed by atoms with E-state index in [2.05, 4.69) is 4.99 Å². The Morgan fingerprint density at radius 1 is 1.47 bits per heavy atom. The molecule has 0 saturated carbocycles. The minimum atomic E-state index is -0.839. The quantitative estimate of drug-likeness (QED) is 0.866. The molecule has 1 N–H and O–H groups in total. The second-order valence-electron chi connectivity index (χ2n) is 4.22. The molecule has 0 amide bonds. The van der Waals surface area contributed by atoms with Crippen LogP contribution in [0, 0.1) is 0 Å². The number of carbonyl (C=O) groups is 1. The molecule has 90 valence electrons. The number of hydrogen-bond acceptors (Lipinski definition) is 3. The van der Waals surface area contributed by atoms with Crippen LogP contribution in [0.4, 0.5) is 0 Å². The Balaban J connectivity index is 2.25. The van der Waals surface area contributed by atoms with Crippen molar-refractivity contribution in [2.45, 2.75) is 25.3 Å². The molecular weight excluding hydrogens is 218 g/mol.